The Balaban J connectivity index is 0.984. The molecule has 0 spiro atoms. The summed E-state index contributed by atoms with van der Waals surface area (Å²) in [5, 5.41) is 7.56. The molecule has 4 amide bonds. The van der Waals surface area contributed by atoms with Gasteiger partial charge in [0.1, 0.15) is 29.0 Å². The van der Waals surface area contributed by atoms with Crippen LogP contribution in [0.5, 0.6) is 23.0 Å². The third-order valence-corrected chi connectivity index (χ3v) is 11.6. The van der Waals surface area contributed by atoms with Crippen LogP contribution in [-0.2, 0) is 0 Å². The quantitative estimate of drug-likeness (QED) is 0.127. The van der Waals surface area contributed by atoms with Crippen LogP contribution in [0, 0.1) is 17.5 Å². The molecule has 2 fully saturated rings. The molecule has 2 aromatic heterocycles. The van der Waals surface area contributed by atoms with Crippen molar-refractivity contribution in [2.24, 2.45) is 0 Å². The summed E-state index contributed by atoms with van der Waals surface area (Å²) in [6.07, 6.45) is 7.69. The van der Waals surface area contributed by atoms with E-state index in [0.29, 0.717) is 27.1 Å². The number of ether oxygens (including phenoxy) is 2. The van der Waals surface area contributed by atoms with E-state index in [0.717, 1.165) is 91.7 Å². The Bertz CT molecular complexity index is 3190. The zero-order valence-corrected chi connectivity index (χ0v) is 36.8. The summed E-state index contributed by atoms with van der Waals surface area (Å²) in [6, 6.07) is 26.5. The molecule has 68 heavy (non-hydrogen) atoms. The highest BCUT2D eigenvalue weighted by atomic mass is 35.5. The summed E-state index contributed by atoms with van der Waals surface area (Å²) in [7, 11) is 0. The van der Waals surface area contributed by atoms with Gasteiger partial charge >= 0.3 is 12.1 Å². The molecule has 6 aromatic carbocycles. The summed E-state index contributed by atoms with van der Waals surface area (Å²) in [6.45, 7) is 3.49. The SMILES string of the molecule is O=C(Nc1ccc(F)c(Oc2ccc3ncc(N4CCCC4)nc3c2)c1)N(c1ccc(Cl)cc1)N(C(=O)Nc1cccc(F)c1)c1ccc(F)c(Oc2ccc3ncc(N4CCCC4)nc3c2)c1. The molecule has 2 N–H and O–H groups in total. The normalized spacial score (nSPS) is 13.5. The minimum atomic E-state index is -0.968. The molecule has 8 aromatic rings. The largest absolute Gasteiger partial charge is 0.454 e. The Morgan fingerprint density at radius 3 is 1.60 bits per heavy atom. The second kappa shape index (κ2) is 19.0. The molecule has 0 bridgehead atoms. The summed E-state index contributed by atoms with van der Waals surface area (Å²) in [5.41, 5.74) is 2.49. The fourth-order valence-corrected chi connectivity index (χ4v) is 8.18. The van der Waals surface area contributed by atoms with Crippen LogP contribution in [0.15, 0.2) is 134 Å². The lowest BCUT2D eigenvalue weighted by atomic mass is 10.2. The number of anilines is 6. The number of halogens is 4. The standard InChI is InChI=1S/C50H40ClF3N10O4/c51-31-8-11-35(12-9-31)63(49(65)58-34-10-16-39(53)45(25-34)67-37-14-18-41-43(27-37)59-47(29-55-41)61-20-1-2-21-61)64(50(66)57-33-7-5-6-32(52)24-33)36-13-17-40(54)46(26-36)68-38-15-19-42-44(28-38)60-48(30-56-42)62-22-3-4-23-62/h5-19,24-30H,1-4,20-23H2,(H,57,66)(H,58,65). The molecule has 14 nitrogen and oxygen atoms in total. The average molecular weight is 937 g/mol. The van der Waals surface area contributed by atoms with E-state index in [1.54, 1.807) is 48.8 Å². The monoisotopic (exact) mass is 936 g/mol. The van der Waals surface area contributed by atoms with Gasteiger partial charge in [0.25, 0.3) is 0 Å². The molecule has 342 valence electrons. The van der Waals surface area contributed by atoms with E-state index in [9.17, 15) is 14.0 Å². The Morgan fingerprint density at radius 2 is 1.04 bits per heavy atom. The van der Waals surface area contributed by atoms with Gasteiger partial charge in [-0.1, -0.05) is 17.7 Å². The van der Waals surface area contributed by atoms with Gasteiger partial charge < -0.3 is 29.9 Å². The van der Waals surface area contributed by atoms with E-state index >= 15 is 8.78 Å². The molecule has 0 atom stereocenters. The van der Waals surface area contributed by atoms with E-state index in [1.165, 1.54) is 66.7 Å². The second-order valence-corrected chi connectivity index (χ2v) is 16.5. The van der Waals surface area contributed by atoms with Crippen molar-refractivity contribution in [3.8, 4) is 23.0 Å². The molecule has 2 aliphatic heterocycles. The minimum absolute atomic E-state index is 0.0490. The number of carbonyl (C=O) groups is 2. The number of amides is 4. The highest BCUT2D eigenvalue weighted by molar-refractivity contribution is 6.30. The molecule has 2 aliphatic rings. The third-order valence-electron chi connectivity index (χ3n) is 11.4. The molecule has 0 radical (unpaired) electrons. The zero-order valence-electron chi connectivity index (χ0n) is 36.1. The number of nitrogens with zero attached hydrogens (tertiary/aromatic N) is 8. The average Bonchev–Trinajstić information content (AvgIpc) is 4.09. The maximum absolute atomic E-state index is 15.8. The summed E-state index contributed by atoms with van der Waals surface area (Å²) >= 11 is 6.29. The van der Waals surface area contributed by atoms with Crippen LogP contribution in [0.4, 0.5) is 57.1 Å². The fourth-order valence-electron chi connectivity index (χ4n) is 8.05. The lowest BCUT2D eigenvalue weighted by Gasteiger charge is -2.35. The summed E-state index contributed by atoms with van der Waals surface area (Å²) in [5.74, 6) is -0.729. The van der Waals surface area contributed by atoms with Crippen LogP contribution in [0.25, 0.3) is 22.1 Å². The van der Waals surface area contributed by atoms with Gasteiger partial charge in [0, 0.05) is 66.8 Å². The lowest BCUT2D eigenvalue weighted by molar-refractivity contribution is 0.248. The Morgan fingerprint density at radius 1 is 0.544 bits per heavy atom. The van der Waals surface area contributed by atoms with E-state index in [2.05, 4.69) is 30.4 Å². The van der Waals surface area contributed by atoms with Gasteiger partial charge in [-0.3, -0.25) is 9.97 Å². The number of urea groups is 2. The van der Waals surface area contributed by atoms with Crippen molar-refractivity contribution < 1.29 is 32.2 Å². The van der Waals surface area contributed by atoms with Crippen LogP contribution in [0.2, 0.25) is 5.02 Å². The smallest absolute Gasteiger partial charge is 0.345 e. The summed E-state index contributed by atoms with van der Waals surface area (Å²) < 4.78 is 57.9. The van der Waals surface area contributed by atoms with Gasteiger partial charge in [-0.15, -0.1) is 0 Å². The number of hydrogen-bond acceptors (Lipinski definition) is 10. The van der Waals surface area contributed by atoms with Crippen molar-refractivity contribution >= 4 is 80.1 Å². The van der Waals surface area contributed by atoms with Gasteiger partial charge in [-0.25, -0.2) is 32.7 Å². The van der Waals surface area contributed by atoms with Gasteiger partial charge in [0.2, 0.25) is 0 Å². The van der Waals surface area contributed by atoms with Crippen molar-refractivity contribution in [3.05, 3.63) is 156 Å². The number of fused-ring (bicyclic) bond motifs is 2. The van der Waals surface area contributed by atoms with Crippen LogP contribution in [0.1, 0.15) is 25.7 Å². The molecule has 0 unspecified atom stereocenters. The predicted molar refractivity (Wildman–Crippen MR) is 256 cm³/mol. The summed E-state index contributed by atoms with van der Waals surface area (Å²) in [4.78, 5) is 52.3. The maximum atomic E-state index is 15.8. The van der Waals surface area contributed by atoms with E-state index in [4.69, 9.17) is 31.0 Å². The third kappa shape index (κ3) is 9.55. The zero-order chi connectivity index (χ0) is 46.7. The van der Waals surface area contributed by atoms with Gasteiger partial charge in [0.15, 0.2) is 23.1 Å². The molecular formula is C50H40ClF3N10O4. The molecular weight excluding hydrogens is 897 g/mol. The first-order valence-corrected chi connectivity index (χ1v) is 22.2. The Hall–Kier alpha value is -8.18. The Kier molecular flexibility index (Phi) is 12.2. The molecule has 10 rings (SSSR count). The fraction of sp³-hybridized carbons (Fsp3) is 0.160. The first-order valence-electron chi connectivity index (χ1n) is 21.8. The number of benzene rings is 6. The number of nitrogens with one attached hydrogen (secondary N) is 2. The number of hydrazine groups is 1. The van der Waals surface area contributed by atoms with E-state index in [1.807, 2.05) is 0 Å². The highest BCUT2D eigenvalue weighted by Gasteiger charge is 2.32. The van der Waals surface area contributed by atoms with Gasteiger partial charge in [-0.2, -0.15) is 10.0 Å². The topological polar surface area (TPSA) is 141 Å². The lowest BCUT2D eigenvalue weighted by Crippen LogP contribution is -2.54. The number of hydrogen-bond donors (Lipinski definition) is 2. The first-order chi connectivity index (χ1) is 33.1. The van der Waals surface area contributed by atoms with Crippen LogP contribution in [0.3, 0.4) is 0 Å². The van der Waals surface area contributed by atoms with Crippen molar-refractivity contribution in [1.82, 2.24) is 19.9 Å². The number of aromatic nitrogens is 4. The maximum Gasteiger partial charge on any atom is 0.345 e. The van der Waals surface area contributed by atoms with Crippen molar-refractivity contribution in [2.45, 2.75) is 25.7 Å². The van der Waals surface area contributed by atoms with Crippen molar-refractivity contribution in [1.29, 1.82) is 0 Å². The van der Waals surface area contributed by atoms with Crippen molar-refractivity contribution in [3.63, 3.8) is 0 Å². The Labute approximate surface area is 392 Å². The van der Waals surface area contributed by atoms with Gasteiger partial charge in [-0.05, 0) is 117 Å². The van der Waals surface area contributed by atoms with E-state index < -0.39 is 29.5 Å². The molecule has 0 aliphatic carbocycles. The molecule has 18 heteroatoms. The van der Waals surface area contributed by atoms with Crippen molar-refractivity contribution in [2.75, 3.05) is 56.6 Å². The highest BCUT2D eigenvalue weighted by Crippen LogP contribution is 2.35. The predicted octanol–water partition coefficient (Wildman–Crippen LogP) is 12.1. The molecule has 2 saturated heterocycles. The van der Waals surface area contributed by atoms with Gasteiger partial charge in [0.05, 0.1) is 45.8 Å². The second-order valence-electron chi connectivity index (χ2n) is 16.1. The first kappa shape index (κ1) is 43.7. The number of rotatable bonds is 10. The van der Waals surface area contributed by atoms with Crippen LogP contribution < -0.4 is 39.9 Å². The number of carbonyl (C=O) groups excluding carboxylic acids is 2. The van der Waals surface area contributed by atoms with Crippen LogP contribution in [-0.4, -0.2) is 58.2 Å². The molecule has 4 heterocycles. The minimum Gasteiger partial charge on any atom is -0.454 e. The van der Waals surface area contributed by atoms with Crippen LogP contribution >= 0.6 is 11.6 Å². The van der Waals surface area contributed by atoms with E-state index in [-0.39, 0.29) is 45.7 Å². The molecule has 0 saturated carbocycles.